The highest BCUT2D eigenvalue weighted by Crippen LogP contribution is 2.20. The van der Waals surface area contributed by atoms with Crippen LogP contribution in [0.4, 0.5) is 4.79 Å². The molecule has 17 nitrogen and oxygen atoms in total. The number of carbonyl (C=O) groups is 5. The maximum absolute atomic E-state index is 13.2. The second-order valence-electron chi connectivity index (χ2n) is 14.3. The van der Waals surface area contributed by atoms with E-state index >= 15 is 0 Å². The fourth-order valence-electron chi connectivity index (χ4n) is 5.32. The summed E-state index contributed by atoms with van der Waals surface area (Å²) in [6.45, 7) is 18.2. The van der Waals surface area contributed by atoms with Gasteiger partial charge < -0.3 is 30.1 Å². The molecule has 0 aliphatic rings. The summed E-state index contributed by atoms with van der Waals surface area (Å²) in [5.41, 5.74) is 3.26. The SMILES string of the molecule is CCCN(C(=O)c1cc(C)ccc1-n1nccn1)C(C)CC(C)=O.COC(=O)CC(C)NCCNC(=O)OC(C)(C)C.Cc1ccc(-n2nccn2)c(C(=O)O)c1. The molecule has 2 atom stereocenters. The van der Waals surface area contributed by atoms with E-state index in [2.05, 4.69) is 35.8 Å². The number of carboxylic acid groups (broad SMARTS) is 1. The molecular weight excluding hydrogens is 734 g/mol. The number of nitrogens with one attached hydrogen (secondary N) is 2. The summed E-state index contributed by atoms with van der Waals surface area (Å²) in [5.74, 6) is -1.25. The first-order valence-electron chi connectivity index (χ1n) is 18.6. The summed E-state index contributed by atoms with van der Waals surface area (Å²) in [6.07, 6.45) is 7.22. The van der Waals surface area contributed by atoms with E-state index in [1.54, 1.807) is 36.4 Å². The number of carboxylic acids is 1. The van der Waals surface area contributed by atoms with Crippen LogP contribution >= 0.6 is 0 Å². The summed E-state index contributed by atoms with van der Waals surface area (Å²) >= 11 is 0. The number of methoxy groups -OCH3 is 1. The smallest absolute Gasteiger partial charge is 0.407 e. The molecule has 3 N–H and O–H groups in total. The number of ketones is 1. The zero-order valence-electron chi connectivity index (χ0n) is 34.6. The third kappa shape index (κ3) is 16.7. The van der Waals surface area contributed by atoms with Crippen molar-refractivity contribution in [2.45, 2.75) is 99.3 Å². The number of ether oxygens (including phenoxy) is 2. The standard InChI is InChI=1S/C18H24N4O2.C12H24N2O4.C10H9N3O2/c1-5-10-21(14(3)12-15(4)23)18(24)16-11-13(2)6-7-17(16)22-19-8-9-20-22;1-9(8-10(15)17-5)13-6-7-14-11(16)18-12(2,3)4;1-7-2-3-9(8(6-7)10(14)15)13-11-4-5-12-13/h6-9,11,14H,5,10,12H2,1-4H3;9,13H,6-8H2,1-5H3,(H,14,16);2-6H,1H3,(H,14,15). The van der Waals surface area contributed by atoms with Crippen LogP contribution in [-0.2, 0) is 19.1 Å². The van der Waals surface area contributed by atoms with Gasteiger partial charge in [-0.25, -0.2) is 9.59 Å². The van der Waals surface area contributed by atoms with E-state index in [0.29, 0.717) is 49.4 Å². The van der Waals surface area contributed by atoms with Crippen molar-refractivity contribution in [3.05, 3.63) is 83.4 Å². The van der Waals surface area contributed by atoms with Gasteiger partial charge in [0.2, 0.25) is 0 Å². The van der Waals surface area contributed by atoms with E-state index in [1.165, 1.54) is 29.1 Å². The molecule has 57 heavy (non-hydrogen) atoms. The molecule has 0 fully saturated rings. The molecule has 2 heterocycles. The summed E-state index contributed by atoms with van der Waals surface area (Å²) < 4.78 is 9.63. The normalized spacial score (nSPS) is 11.8. The Kier molecular flexibility index (Phi) is 19.2. The van der Waals surface area contributed by atoms with E-state index < -0.39 is 17.7 Å². The van der Waals surface area contributed by atoms with Crippen LogP contribution < -0.4 is 10.6 Å². The zero-order chi connectivity index (χ0) is 42.7. The van der Waals surface area contributed by atoms with Gasteiger partial charge in [-0.3, -0.25) is 14.4 Å². The van der Waals surface area contributed by atoms with Crippen LogP contribution in [0, 0.1) is 13.8 Å². The third-order valence-corrected chi connectivity index (χ3v) is 7.86. The van der Waals surface area contributed by atoms with Gasteiger partial charge in [0.15, 0.2) is 0 Å². The molecule has 17 heteroatoms. The van der Waals surface area contributed by atoms with Crippen LogP contribution in [0.5, 0.6) is 0 Å². The highest BCUT2D eigenvalue weighted by atomic mass is 16.6. The zero-order valence-corrected chi connectivity index (χ0v) is 34.6. The van der Waals surface area contributed by atoms with E-state index in [1.807, 2.05) is 79.7 Å². The number of benzene rings is 2. The molecule has 0 saturated heterocycles. The van der Waals surface area contributed by atoms with E-state index in [-0.39, 0.29) is 35.3 Å². The number of amides is 2. The summed E-state index contributed by atoms with van der Waals surface area (Å²) in [5, 5.41) is 30.8. The lowest BCUT2D eigenvalue weighted by Gasteiger charge is -2.29. The Morgan fingerprint density at radius 2 is 1.33 bits per heavy atom. The average molecular weight is 792 g/mol. The predicted octanol–water partition coefficient (Wildman–Crippen LogP) is 5.12. The van der Waals surface area contributed by atoms with Crippen molar-refractivity contribution in [1.82, 2.24) is 45.5 Å². The molecule has 310 valence electrons. The van der Waals surface area contributed by atoms with Crippen molar-refractivity contribution in [2.24, 2.45) is 0 Å². The molecule has 0 aliphatic carbocycles. The maximum Gasteiger partial charge on any atom is 0.407 e. The molecule has 4 rings (SSSR count). The lowest BCUT2D eigenvalue weighted by Crippen LogP contribution is -2.40. The molecule has 0 aliphatic heterocycles. The first-order valence-corrected chi connectivity index (χ1v) is 18.6. The van der Waals surface area contributed by atoms with Gasteiger partial charge in [0.25, 0.3) is 5.91 Å². The Hall–Kier alpha value is -5.97. The van der Waals surface area contributed by atoms with Gasteiger partial charge in [0.1, 0.15) is 17.1 Å². The minimum Gasteiger partial charge on any atom is -0.478 e. The van der Waals surface area contributed by atoms with E-state index in [9.17, 15) is 24.0 Å². The number of esters is 1. The monoisotopic (exact) mass is 791 g/mol. The van der Waals surface area contributed by atoms with Gasteiger partial charge >= 0.3 is 18.0 Å². The number of Topliss-reactive ketones (excluding diaryl/α,β-unsaturated/α-hetero) is 1. The minimum absolute atomic E-state index is 0.0119. The summed E-state index contributed by atoms with van der Waals surface area (Å²) in [6, 6.07) is 10.6. The summed E-state index contributed by atoms with van der Waals surface area (Å²) in [4.78, 5) is 62.4. The average Bonchev–Trinajstić information content (AvgIpc) is 3.87. The van der Waals surface area contributed by atoms with Crippen molar-refractivity contribution in [3.8, 4) is 11.4 Å². The van der Waals surface area contributed by atoms with Gasteiger partial charge in [0, 0.05) is 38.1 Å². The molecule has 0 saturated carbocycles. The Labute approximate surface area is 334 Å². The van der Waals surface area contributed by atoms with Crippen LogP contribution in [-0.4, -0.2) is 114 Å². The minimum atomic E-state index is -0.981. The van der Waals surface area contributed by atoms with Crippen molar-refractivity contribution in [1.29, 1.82) is 0 Å². The molecule has 2 amide bonds. The molecule has 4 aromatic rings. The second kappa shape index (κ2) is 23.2. The van der Waals surface area contributed by atoms with Crippen LogP contribution in [0.15, 0.2) is 61.2 Å². The fraction of sp³-hybridized carbons (Fsp3) is 0.475. The van der Waals surface area contributed by atoms with Crippen LogP contribution in [0.2, 0.25) is 0 Å². The van der Waals surface area contributed by atoms with E-state index in [4.69, 9.17) is 9.84 Å². The van der Waals surface area contributed by atoms with Crippen molar-refractivity contribution in [2.75, 3.05) is 26.7 Å². The molecule has 0 bridgehead atoms. The van der Waals surface area contributed by atoms with Crippen LogP contribution in [0.25, 0.3) is 11.4 Å². The third-order valence-electron chi connectivity index (χ3n) is 7.86. The number of rotatable bonds is 15. The number of nitrogens with zero attached hydrogens (tertiary/aromatic N) is 7. The van der Waals surface area contributed by atoms with Gasteiger partial charge in [-0.1, -0.05) is 30.2 Å². The van der Waals surface area contributed by atoms with Crippen molar-refractivity contribution >= 4 is 29.7 Å². The molecular formula is C40H57N9O8. The Morgan fingerprint density at radius 1 is 0.825 bits per heavy atom. The Morgan fingerprint density at radius 3 is 1.79 bits per heavy atom. The van der Waals surface area contributed by atoms with Gasteiger partial charge in [0.05, 0.1) is 55.1 Å². The predicted molar refractivity (Wildman–Crippen MR) is 214 cm³/mol. The first-order chi connectivity index (χ1) is 26.9. The highest BCUT2D eigenvalue weighted by molar-refractivity contribution is 5.98. The lowest BCUT2D eigenvalue weighted by atomic mass is 10.1. The van der Waals surface area contributed by atoms with Crippen molar-refractivity contribution < 1.29 is 38.6 Å². The number of aromatic carboxylic acids is 1. The van der Waals surface area contributed by atoms with Gasteiger partial charge in [-0.2, -0.15) is 30.0 Å². The first kappa shape index (κ1) is 47.2. The number of hydrogen-bond acceptors (Lipinski definition) is 12. The van der Waals surface area contributed by atoms with Crippen molar-refractivity contribution in [3.63, 3.8) is 0 Å². The number of alkyl carbamates (subject to hydrolysis) is 1. The second-order valence-corrected chi connectivity index (χ2v) is 14.3. The largest absolute Gasteiger partial charge is 0.478 e. The number of hydrogen-bond donors (Lipinski definition) is 3. The number of carbonyl (C=O) groups excluding carboxylic acids is 4. The molecule has 2 aromatic heterocycles. The fourth-order valence-corrected chi connectivity index (χ4v) is 5.32. The highest BCUT2D eigenvalue weighted by Gasteiger charge is 2.25. The molecule has 0 spiro atoms. The van der Waals surface area contributed by atoms with E-state index in [0.717, 1.165) is 17.5 Å². The Bertz CT molecular complexity index is 1890. The van der Waals surface area contributed by atoms with Crippen LogP contribution in [0.1, 0.15) is 99.6 Å². The Balaban J connectivity index is 0.000000304. The molecule has 2 unspecified atom stereocenters. The maximum atomic E-state index is 13.2. The number of aryl methyl sites for hydroxylation is 2. The number of aromatic nitrogens is 6. The van der Waals surface area contributed by atoms with Gasteiger partial charge in [-0.15, -0.1) is 0 Å². The molecule has 2 aromatic carbocycles. The lowest BCUT2D eigenvalue weighted by molar-refractivity contribution is -0.141. The molecule has 0 radical (unpaired) electrons. The van der Waals surface area contributed by atoms with Gasteiger partial charge in [-0.05, 0) is 86.1 Å². The quantitative estimate of drug-likeness (QED) is 0.106. The summed E-state index contributed by atoms with van der Waals surface area (Å²) in [7, 11) is 1.36. The topological polar surface area (TPSA) is 213 Å². The van der Waals surface area contributed by atoms with Crippen LogP contribution in [0.3, 0.4) is 0 Å².